The predicted octanol–water partition coefficient (Wildman–Crippen LogP) is 2.96. The van der Waals surface area contributed by atoms with E-state index in [0.717, 1.165) is 32.1 Å². The van der Waals surface area contributed by atoms with Crippen LogP contribution in [0.3, 0.4) is 0 Å². The fourth-order valence-electron chi connectivity index (χ4n) is 2.81. The molecule has 0 unspecified atom stereocenters. The summed E-state index contributed by atoms with van der Waals surface area (Å²) >= 11 is 0. The molecule has 4 nitrogen and oxygen atoms in total. The predicted molar refractivity (Wildman–Crippen MR) is 74.9 cm³/mol. The highest BCUT2D eigenvalue weighted by Crippen LogP contribution is 2.30. The molecule has 0 aromatic rings. The van der Waals surface area contributed by atoms with Crippen LogP contribution in [0.4, 0.5) is 0 Å². The maximum atomic E-state index is 12.0. The first-order valence-electron chi connectivity index (χ1n) is 7.67. The topological polar surface area (TPSA) is 66.4 Å². The minimum atomic E-state index is -0.817. The van der Waals surface area contributed by atoms with Gasteiger partial charge in [0.05, 0.1) is 11.8 Å². The third kappa shape index (κ3) is 5.62. The van der Waals surface area contributed by atoms with Crippen molar-refractivity contribution in [2.24, 2.45) is 11.8 Å². The zero-order chi connectivity index (χ0) is 14.1. The molecule has 0 spiro atoms. The first-order valence-corrected chi connectivity index (χ1v) is 7.67. The number of nitrogens with one attached hydrogen (secondary N) is 1. The van der Waals surface area contributed by atoms with Gasteiger partial charge in [-0.2, -0.15) is 0 Å². The fraction of sp³-hybridized carbons (Fsp3) is 0.867. The van der Waals surface area contributed by atoms with Crippen molar-refractivity contribution in [1.82, 2.24) is 5.32 Å². The highest BCUT2D eigenvalue weighted by atomic mass is 16.4. The van der Waals surface area contributed by atoms with Gasteiger partial charge in [-0.3, -0.25) is 9.59 Å². The van der Waals surface area contributed by atoms with Gasteiger partial charge in [0.1, 0.15) is 0 Å². The van der Waals surface area contributed by atoms with Crippen molar-refractivity contribution in [3.05, 3.63) is 0 Å². The number of aliphatic carboxylic acids is 1. The molecule has 0 aromatic carbocycles. The molecule has 0 bridgehead atoms. The summed E-state index contributed by atoms with van der Waals surface area (Å²) in [6.45, 7) is 2.86. The van der Waals surface area contributed by atoms with Gasteiger partial charge in [0.25, 0.3) is 0 Å². The maximum absolute atomic E-state index is 12.0. The monoisotopic (exact) mass is 269 g/mol. The summed E-state index contributed by atoms with van der Waals surface area (Å²) in [7, 11) is 0. The standard InChI is InChI=1S/C15H27NO3/c1-2-3-4-5-8-11-16-14(17)12-9-6-7-10-13(12)15(18)19/h12-13H,2-11H2,1H3,(H,16,17)(H,18,19)/t12-,13+/m1/s1. The first-order chi connectivity index (χ1) is 9.16. The van der Waals surface area contributed by atoms with Crippen molar-refractivity contribution in [1.29, 1.82) is 0 Å². The van der Waals surface area contributed by atoms with Gasteiger partial charge in [0, 0.05) is 6.54 Å². The van der Waals surface area contributed by atoms with E-state index in [2.05, 4.69) is 12.2 Å². The molecule has 0 aromatic heterocycles. The van der Waals surface area contributed by atoms with E-state index >= 15 is 0 Å². The van der Waals surface area contributed by atoms with Crippen molar-refractivity contribution in [3.8, 4) is 0 Å². The Balaban J connectivity index is 2.25. The van der Waals surface area contributed by atoms with E-state index in [1.807, 2.05) is 0 Å². The van der Waals surface area contributed by atoms with E-state index < -0.39 is 11.9 Å². The minimum Gasteiger partial charge on any atom is -0.481 e. The second kappa shape index (κ2) is 8.94. The molecule has 2 atom stereocenters. The second-order valence-corrected chi connectivity index (χ2v) is 5.54. The lowest BCUT2D eigenvalue weighted by atomic mass is 9.78. The normalized spacial score (nSPS) is 23.0. The average molecular weight is 269 g/mol. The molecular weight excluding hydrogens is 242 g/mol. The van der Waals surface area contributed by atoms with Gasteiger partial charge in [0.15, 0.2) is 0 Å². The molecule has 19 heavy (non-hydrogen) atoms. The average Bonchev–Trinajstić information content (AvgIpc) is 2.42. The smallest absolute Gasteiger partial charge is 0.307 e. The molecule has 0 heterocycles. The van der Waals surface area contributed by atoms with Gasteiger partial charge >= 0.3 is 5.97 Å². The Labute approximate surface area is 116 Å². The van der Waals surface area contributed by atoms with Crippen molar-refractivity contribution < 1.29 is 14.7 Å². The van der Waals surface area contributed by atoms with Crippen LogP contribution in [0, 0.1) is 11.8 Å². The van der Waals surface area contributed by atoms with Crippen LogP contribution in [0.1, 0.15) is 64.7 Å². The third-order valence-corrected chi connectivity index (χ3v) is 4.00. The van der Waals surface area contributed by atoms with Crippen LogP contribution >= 0.6 is 0 Å². The van der Waals surface area contributed by atoms with Crippen LogP contribution in [0.5, 0.6) is 0 Å². The lowest BCUT2D eigenvalue weighted by Crippen LogP contribution is -2.40. The van der Waals surface area contributed by atoms with Crippen molar-refractivity contribution in [3.63, 3.8) is 0 Å². The number of carbonyl (C=O) groups is 2. The fourth-order valence-corrected chi connectivity index (χ4v) is 2.81. The Hall–Kier alpha value is -1.06. The summed E-state index contributed by atoms with van der Waals surface area (Å²) in [6, 6.07) is 0. The number of hydrogen-bond donors (Lipinski definition) is 2. The van der Waals surface area contributed by atoms with Crippen molar-refractivity contribution in [2.75, 3.05) is 6.54 Å². The Morgan fingerprint density at radius 1 is 1.05 bits per heavy atom. The summed E-state index contributed by atoms with van der Waals surface area (Å²) in [5.74, 6) is -1.67. The maximum Gasteiger partial charge on any atom is 0.307 e. The molecule has 0 radical (unpaired) electrons. The molecule has 2 N–H and O–H groups in total. The minimum absolute atomic E-state index is 0.0532. The molecule has 1 aliphatic rings. The summed E-state index contributed by atoms with van der Waals surface area (Å²) in [5, 5.41) is 12.1. The molecule has 110 valence electrons. The number of carboxylic acids is 1. The number of rotatable bonds is 8. The van der Waals surface area contributed by atoms with Gasteiger partial charge < -0.3 is 10.4 Å². The molecule has 1 fully saturated rings. The number of unbranched alkanes of at least 4 members (excludes halogenated alkanes) is 4. The number of carboxylic acid groups (broad SMARTS) is 1. The van der Waals surface area contributed by atoms with Crippen LogP contribution in [-0.4, -0.2) is 23.5 Å². The van der Waals surface area contributed by atoms with Crippen molar-refractivity contribution in [2.45, 2.75) is 64.7 Å². The molecule has 1 saturated carbocycles. The Morgan fingerprint density at radius 3 is 2.32 bits per heavy atom. The Kier molecular flexibility index (Phi) is 7.53. The molecule has 1 aliphatic carbocycles. The summed E-state index contributed by atoms with van der Waals surface area (Å²) in [4.78, 5) is 23.2. The van der Waals surface area contributed by atoms with Gasteiger partial charge in [-0.25, -0.2) is 0 Å². The molecule has 1 amide bonds. The quantitative estimate of drug-likeness (QED) is 0.666. The van der Waals surface area contributed by atoms with Crippen LogP contribution in [0.2, 0.25) is 0 Å². The van der Waals surface area contributed by atoms with Gasteiger partial charge in [0.2, 0.25) is 5.91 Å². The lowest BCUT2D eigenvalue weighted by Gasteiger charge is -2.27. The number of carbonyl (C=O) groups excluding carboxylic acids is 1. The molecule has 4 heteroatoms. The second-order valence-electron chi connectivity index (χ2n) is 5.54. The van der Waals surface area contributed by atoms with Gasteiger partial charge in [-0.15, -0.1) is 0 Å². The molecule has 0 saturated heterocycles. The van der Waals surface area contributed by atoms with Gasteiger partial charge in [-0.1, -0.05) is 45.4 Å². The zero-order valence-corrected chi connectivity index (χ0v) is 12.0. The number of amides is 1. The highest BCUT2D eigenvalue weighted by molar-refractivity contribution is 5.84. The Bertz CT molecular complexity index is 291. The van der Waals surface area contributed by atoms with E-state index in [0.29, 0.717) is 13.0 Å². The lowest BCUT2D eigenvalue weighted by molar-refractivity contribution is -0.148. The molecule has 1 rings (SSSR count). The van der Waals surface area contributed by atoms with Crippen LogP contribution < -0.4 is 5.32 Å². The van der Waals surface area contributed by atoms with Crippen LogP contribution in [-0.2, 0) is 9.59 Å². The van der Waals surface area contributed by atoms with Crippen LogP contribution in [0.15, 0.2) is 0 Å². The highest BCUT2D eigenvalue weighted by Gasteiger charge is 2.35. The zero-order valence-electron chi connectivity index (χ0n) is 12.0. The van der Waals surface area contributed by atoms with E-state index in [1.165, 1.54) is 19.3 Å². The molecule has 0 aliphatic heterocycles. The van der Waals surface area contributed by atoms with E-state index in [4.69, 9.17) is 5.11 Å². The van der Waals surface area contributed by atoms with E-state index in [9.17, 15) is 9.59 Å². The largest absolute Gasteiger partial charge is 0.481 e. The van der Waals surface area contributed by atoms with Crippen molar-refractivity contribution >= 4 is 11.9 Å². The van der Waals surface area contributed by atoms with Crippen LogP contribution in [0.25, 0.3) is 0 Å². The summed E-state index contributed by atoms with van der Waals surface area (Å²) in [6.07, 6.45) is 9.08. The summed E-state index contributed by atoms with van der Waals surface area (Å²) < 4.78 is 0. The number of hydrogen-bond acceptors (Lipinski definition) is 2. The SMILES string of the molecule is CCCCCCCNC(=O)[C@@H]1CCCC[C@@H]1C(=O)O. The van der Waals surface area contributed by atoms with Gasteiger partial charge in [-0.05, 0) is 19.3 Å². The first kappa shape index (κ1) is 16.0. The summed E-state index contributed by atoms with van der Waals surface area (Å²) in [5.41, 5.74) is 0. The van der Waals surface area contributed by atoms with E-state index in [1.54, 1.807) is 0 Å². The Morgan fingerprint density at radius 2 is 1.68 bits per heavy atom. The van der Waals surface area contributed by atoms with E-state index in [-0.39, 0.29) is 11.8 Å². The molecular formula is C15H27NO3. The third-order valence-electron chi connectivity index (χ3n) is 4.00.